The van der Waals surface area contributed by atoms with Crippen molar-refractivity contribution in [2.75, 3.05) is 6.26 Å². The summed E-state index contributed by atoms with van der Waals surface area (Å²) >= 11 is 1.91. The van der Waals surface area contributed by atoms with Gasteiger partial charge >= 0.3 is 0 Å². The van der Waals surface area contributed by atoms with Crippen LogP contribution < -0.4 is 5.32 Å². The number of hydrogen-bond donors (Lipinski definition) is 1. The number of rotatable bonds is 3. The van der Waals surface area contributed by atoms with Gasteiger partial charge in [0.2, 0.25) is 5.91 Å². The number of hydrogen-bond acceptors (Lipinski definition) is 3. The standard InChI is InChI=1S/C12H20N2OS/c1-12(2,8-13)11(15)14-9-4-6-10(16-3)7-5-9/h9-10H,4-7H2,1-3H3,(H,14,15). The Balaban J connectivity index is 2.40. The molecule has 0 atom stereocenters. The van der Waals surface area contributed by atoms with E-state index >= 15 is 0 Å². The maximum atomic E-state index is 11.8. The maximum absolute atomic E-state index is 11.8. The van der Waals surface area contributed by atoms with Crippen LogP contribution in [0.3, 0.4) is 0 Å². The van der Waals surface area contributed by atoms with Gasteiger partial charge in [-0.05, 0) is 45.8 Å². The summed E-state index contributed by atoms with van der Waals surface area (Å²) in [6.07, 6.45) is 6.55. The lowest BCUT2D eigenvalue weighted by atomic mass is 9.91. The normalized spacial score (nSPS) is 25.9. The minimum Gasteiger partial charge on any atom is -0.352 e. The fraction of sp³-hybridized carbons (Fsp3) is 0.833. The number of carbonyl (C=O) groups is 1. The average molecular weight is 240 g/mol. The fourth-order valence-electron chi connectivity index (χ4n) is 1.86. The number of nitrogens with one attached hydrogen (secondary N) is 1. The van der Waals surface area contributed by atoms with Gasteiger partial charge in [0.05, 0.1) is 6.07 Å². The average Bonchev–Trinajstić information content (AvgIpc) is 2.30. The zero-order chi connectivity index (χ0) is 12.2. The molecule has 1 rings (SSSR count). The minimum atomic E-state index is -0.906. The molecule has 1 N–H and O–H groups in total. The summed E-state index contributed by atoms with van der Waals surface area (Å²) in [4.78, 5) is 11.8. The lowest BCUT2D eigenvalue weighted by Crippen LogP contribution is -2.44. The van der Waals surface area contributed by atoms with Crippen LogP contribution in [0, 0.1) is 16.7 Å². The van der Waals surface area contributed by atoms with Crippen molar-refractivity contribution in [3.63, 3.8) is 0 Å². The highest BCUT2D eigenvalue weighted by molar-refractivity contribution is 7.99. The molecule has 1 aliphatic rings. The third-order valence-electron chi connectivity index (χ3n) is 3.19. The Hall–Kier alpha value is -0.690. The van der Waals surface area contributed by atoms with Crippen molar-refractivity contribution in [2.24, 2.45) is 5.41 Å². The molecule has 1 fully saturated rings. The van der Waals surface area contributed by atoms with Crippen molar-refractivity contribution >= 4 is 17.7 Å². The van der Waals surface area contributed by atoms with Gasteiger partial charge in [-0.25, -0.2) is 0 Å². The second-order valence-electron chi connectivity index (χ2n) is 4.92. The Morgan fingerprint density at radius 2 is 1.94 bits per heavy atom. The van der Waals surface area contributed by atoms with Crippen LogP contribution in [0.1, 0.15) is 39.5 Å². The van der Waals surface area contributed by atoms with E-state index in [9.17, 15) is 4.79 Å². The Kier molecular flexibility index (Phi) is 4.67. The van der Waals surface area contributed by atoms with Gasteiger partial charge in [0, 0.05) is 11.3 Å². The molecule has 0 unspecified atom stereocenters. The van der Waals surface area contributed by atoms with Crippen molar-refractivity contribution in [3.05, 3.63) is 0 Å². The summed E-state index contributed by atoms with van der Waals surface area (Å²) in [5, 5.41) is 12.6. The van der Waals surface area contributed by atoms with Crippen LogP contribution in [-0.2, 0) is 4.79 Å². The first-order chi connectivity index (χ1) is 7.49. The van der Waals surface area contributed by atoms with Gasteiger partial charge in [-0.2, -0.15) is 17.0 Å². The fourth-order valence-corrected chi connectivity index (χ4v) is 2.60. The van der Waals surface area contributed by atoms with Crippen LogP contribution in [0.2, 0.25) is 0 Å². The van der Waals surface area contributed by atoms with Gasteiger partial charge < -0.3 is 5.32 Å². The van der Waals surface area contributed by atoms with Crippen molar-refractivity contribution in [2.45, 2.75) is 50.8 Å². The highest BCUT2D eigenvalue weighted by Crippen LogP contribution is 2.27. The summed E-state index contributed by atoms with van der Waals surface area (Å²) < 4.78 is 0. The summed E-state index contributed by atoms with van der Waals surface area (Å²) in [5.74, 6) is -0.136. The summed E-state index contributed by atoms with van der Waals surface area (Å²) in [7, 11) is 0. The van der Waals surface area contributed by atoms with E-state index in [1.807, 2.05) is 17.8 Å². The number of amides is 1. The van der Waals surface area contributed by atoms with Gasteiger partial charge in [0.1, 0.15) is 5.41 Å². The van der Waals surface area contributed by atoms with Gasteiger partial charge in [0.15, 0.2) is 0 Å². The monoisotopic (exact) mass is 240 g/mol. The van der Waals surface area contributed by atoms with Crippen LogP contribution in [-0.4, -0.2) is 23.5 Å². The predicted octanol–water partition coefficient (Wildman–Crippen LogP) is 2.33. The topological polar surface area (TPSA) is 52.9 Å². The molecular weight excluding hydrogens is 220 g/mol. The van der Waals surface area contributed by atoms with E-state index < -0.39 is 5.41 Å². The molecule has 0 heterocycles. The SMILES string of the molecule is CSC1CCC(NC(=O)C(C)(C)C#N)CC1. The molecule has 1 amide bonds. The second kappa shape index (κ2) is 5.58. The molecule has 0 aromatic carbocycles. The van der Waals surface area contributed by atoms with Crippen molar-refractivity contribution in [1.82, 2.24) is 5.32 Å². The van der Waals surface area contributed by atoms with Gasteiger partial charge in [-0.3, -0.25) is 4.79 Å². The quantitative estimate of drug-likeness (QED) is 0.823. The molecule has 0 radical (unpaired) electrons. The second-order valence-corrected chi connectivity index (χ2v) is 6.06. The van der Waals surface area contributed by atoms with Crippen molar-refractivity contribution in [3.8, 4) is 6.07 Å². The summed E-state index contributed by atoms with van der Waals surface area (Å²) in [5.41, 5.74) is -0.906. The molecule has 3 nitrogen and oxygen atoms in total. The third kappa shape index (κ3) is 3.41. The number of thioether (sulfide) groups is 1. The Morgan fingerprint density at radius 1 is 1.38 bits per heavy atom. The van der Waals surface area contributed by atoms with Crippen molar-refractivity contribution in [1.29, 1.82) is 5.26 Å². The molecule has 1 saturated carbocycles. The summed E-state index contributed by atoms with van der Waals surface area (Å²) in [6, 6.07) is 2.30. The molecule has 16 heavy (non-hydrogen) atoms. The van der Waals surface area contributed by atoms with Crippen molar-refractivity contribution < 1.29 is 4.79 Å². The number of nitriles is 1. The summed E-state index contributed by atoms with van der Waals surface area (Å²) in [6.45, 7) is 3.33. The molecule has 0 bridgehead atoms. The molecule has 90 valence electrons. The third-order valence-corrected chi connectivity index (χ3v) is 4.33. The van der Waals surface area contributed by atoms with Crippen LogP contribution >= 0.6 is 11.8 Å². The maximum Gasteiger partial charge on any atom is 0.240 e. The van der Waals surface area contributed by atoms with Gasteiger partial charge in [0.25, 0.3) is 0 Å². The highest BCUT2D eigenvalue weighted by Gasteiger charge is 2.30. The molecule has 1 aliphatic carbocycles. The van der Waals surface area contributed by atoms with E-state index in [4.69, 9.17) is 5.26 Å². The van der Waals surface area contributed by atoms with E-state index in [0.29, 0.717) is 0 Å². The molecular formula is C12H20N2OS. The Bertz CT molecular complexity index is 288. The predicted molar refractivity (Wildman–Crippen MR) is 67.1 cm³/mol. The lowest BCUT2D eigenvalue weighted by Gasteiger charge is -2.29. The molecule has 0 spiro atoms. The van der Waals surface area contributed by atoms with E-state index in [2.05, 4.69) is 11.6 Å². The largest absolute Gasteiger partial charge is 0.352 e. The van der Waals surface area contributed by atoms with Crippen LogP contribution in [0.4, 0.5) is 0 Å². The van der Waals surface area contributed by atoms with Crippen LogP contribution in [0.5, 0.6) is 0 Å². The lowest BCUT2D eigenvalue weighted by molar-refractivity contribution is -0.127. The van der Waals surface area contributed by atoms with Crippen LogP contribution in [0.15, 0.2) is 0 Å². The first-order valence-corrected chi connectivity index (χ1v) is 7.03. The molecule has 0 aromatic rings. The van der Waals surface area contributed by atoms with E-state index in [0.717, 1.165) is 18.1 Å². The zero-order valence-corrected chi connectivity index (χ0v) is 11.1. The first kappa shape index (κ1) is 13.4. The molecule has 4 heteroatoms. The van der Waals surface area contributed by atoms with E-state index in [1.54, 1.807) is 13.8 Å². The number of nitrogens with zero attached hydrogens (tertiary/aromatic N) is 1. The van der Waals surface area contributed by atoms with Crippen LogP contribution in [0.25, 0.3) is 0 Å². The molecule has 0 saturated heterocycles. The minimum absolute atomic E-state index is 0.136. The van der Waals surface area contributed by atoms with Gasteiger partial charge in [-0.15, -0.1) is 0 Å². The number of carbonyl (C=O) groups excluding carboxylic acids is 1. The smallest absolute Gasteiger partial charge is 0.240 e. The van der Waals surface area contributed by atoms with Gasteiger partial charge in [-0.1, -0.05) is 0 Å². The van der Waals surface area contributed by atoms with E-state index in [1.165, 1.54) is 12.8 Å². The first-order valence-electron chi connectivity index (χ1n) is 5.74. The van der Waals surface area contributed by atoms with E-state index in [-0.39, 0.29) is 11.9 Å². The molecule has 0 aliphatic heterocycles. The zero-order valence-electron chi connectivity index (χ0n) is 10.2. The highest BCUT2D eigenvalue weighted by atomic mass is 32.2. The Labute approximate surface area is 102 Å². The molecule has 0 aromatic heterocycles. The Morgan fingerprint density at radius 3 is 2.38 bits per heavy atom.